The van der Waals surface area contributed by atoms with Crippen molar-refractivity contribution in [3.8, 4) is 0 Å². The molecule has 1 aromatic carbocycles. The Morgan fingerprint density at radius 2 is 1.89 bits per heavy atom. The van der Waals surface area contributed by atoms with E-state index in [1.165, 1.54) is 0 Å². The van der Waals surface area contributed by atoms with Crippen molar-refractivity contribution < 1.29 is 18.0 Å². The van der Waals surface area contributed by atoms with E-state index in [2.05, 4.69) is 15.2 Å². The molecule has 0 atom stereocenters. The van der Waals surface area contributed by atoms with E-state index in [4.69, 9.17) is 11.6 Å². The maximum absolute atomic E-state index is 12.4. The number of carbonyl (C=O) groups excluding carboxylic acids is 1. The van der Waals surface area contributed by atoms with Crippen molar-refractivity contribution in [3.05, 3.63) is 29.3 Å². The Hall–Kier alpha value is -2.16. The van der Waals surface area contributed by atoms with E-state index in [0.717, 1.165) is 12.7 Å². The number of alkyl halides is 3. The second kappa shape index (κ2) is 9.16. The number of anilines is 1. The minimum absolute atomic E-state index is 0.246. The van der Waals surface area contributed by atoms with Gasteiger partial charge in [-0.2, -0.15) is 13.2 Å². The summed E-state index contributed by atoms with van der Waals surface area (Å²) >= 11 is 6.23. The number of hydrogen-bond acceptors (Lipinski definition) is 3. The fourth-order valence-electron chi connectivity index (χ4n) is 2.85. The van der Waals surface area contributed by atoms with Crippen LogP contribution in [0.15, 0.2) is 29.3 Å². The highest BCUT2D eigenvalue weighted by Crippen LogP contribution is 2.26. The topological polar surface area (TPSA) is 51.2 Å². The number of para-hydroxylation sites is 1. The van der Waals surface area contributed by atoms with E-state index >= 15 is 0 Å². The number of piperazine rings is 1. The van der Waals surface area contributed by atoms with Crippen molar-refractivity contribution in [2.45, 2.75) is 6.18 Å². The van der Waals surface area contributed by atoms with Crippen molar-refractivity contribution in [1.82, 2.24) is 15.1 Å². The molecule has 0 saturated carbocycles. The zero-order valence-corrected chi connectivity index (χ0v) is 16.0. The maximum Gasteiger partial charge on any atom is 0.406 e. The summed E-state index contributed by atoms with van der Waals surface area (Å²) in [5.74, 6) is -0.161. The highest BCUT2D eigenvalue weighted by atomic mass is 35.5. The van der Waals surface area contributed by atoms with Gasteiger partial charge >= 0.3 is 6.18 Å². The zero-order valence-electron chi connectivity index (χ0n) is 15.3. The van der Waals surface area contributed by atoms with Crippen LogP contribution in [0.25, 0.3) is 0 Å². The van der Waals surface area contributed by atoms with Crippen LogP contribution in [0.5, 0.6) is 0 Å². The Morgan fingerprint density at radius 3 is 2.44 bits per heavy atom. The summed E-state index contributed by atoms with van der Waals surface area (Å²) < 4.78 is 37.1. The molecule has 0 spiro atoms. The highest BCUT2D eigenvalue weighted by molar-refractivity contribution is 6.33. The van der Waals surface area contributed by atoms with Gasteiger partial charge in [-0.15, -0.1) is 0 Å². The van der Waals surface area contributed by atoms with Crippen LogP contribution in [-0.2, 0) is 4.79 Å². The molecule has 1 fully saturated rings. The average molecular weight is 406 g/mol. The molecule has 0 aromatic heterocycles. The fraction of sp³-hybridized carbons (Fsp3) is 0.529. The van der Waals surface area contributed by atoms with Crippen LogP contribution in [-0.4, -0.2) is 81.2 Å². The summed E-state index contributed by atoms with van der Waals surface area (Å²) in [6.07, 6.45) is -4.42. The van der Waals surface area contributed by atoms with Crippen molar-refractivity contribution in [2.75, 3.05) is 58.3 Å². The molecule has 0 aliphatic carbocycles. The molecule has 1 aromatic rings. The van der Waals surface area contributed by atoms with Crippen molar-refractivity contribution in [1.29, 1.82) is 0 Å². The predicted molar refractivity (Wildman–Crippen MR) is 100 cm³/mol. The molecule has 0 unspecified atom stereocenters. The number of nitrogens with zero attached hydrogens (tertiary/aromatic N) is 4. The summed E-state index contributed by atoms with van der Waals surface area (Å²) in [5.41, 5.74) is 0.964. The normalized spacial score (nSPS) is 15.7. The Bertz CT molecular complexity index is 675. The number of amides is 1. The van der Waals surface area contributed by atoms with Gasteiger partial charge in [0.2, 0.25) is 5.91 Å². The second-order valence-electron chi connectivity index (χ2n) is 6.19. The predicted octanol–water partition coefficient (Wildman–Crippen LogP) is 2.06. The average Bonchev–Trinajstić information content (AvgIpc) is 2.61. The lowest BCUT2D eigenvalue weighted by molar-refractivity contribution is -0.157. The molecule has 10 heteroatoms. The number of aliphatic imine (C=N–C) groups is 1. The number of rotatable bonds is 4. The van der Waals surface area contributed by atoms with Crippen LogP contribution >= 0.6 is 11.6 Å². The van der Waals surface area contributed by atoms with Crippen LogP contribution < -0.4 is 10.2 Å². The molecule has 150 valence electrons. The third-order valence-electron chi connectivity index (χ3n) is 4.22. The van der Waals surface area contributed by atoms with E-state index in [9.17, 15) is 18.0 Å². The van der Waals surface area contributed by atoms with Gasteiger partial charge in [0.05, 0.1) is 17.3 Å². The summed E-state index contributed by atoms with van der Waals surface area (Å²) in [4.78, 5) is 20.8. The molecule has 2 rings (SSSR count). The van der Waals surface area contributed by atoms with E-state index in [0.29, 0.717) is 42.1 Å². The monoisotopic (exact) mass is 405 g/mol. The Kier molecular flexibility index (Phi) is 7.18. The quantitative estimate of drug-likeness (QED) is 0.615. The second-order valence-corrected chi connectivity index (χ2v) is 6.60. The molecule has 0 bridgehead atoms. The number of hydrogen-bond donors (Lipinski definition) is 1. The molecule has 1 aliphatic rings. The largest absolute Gasteiger partial charge is 0.406 e. The molecular formula is C17H23ClF3N5O. The first-order chi connectivity index (χ1) is 12.7. The van der Waals surface area contributed by atoms with Gasteiger partial charge in [0.1, 0.15) is 6.54 Å². The SMILES string of the molecule is CN=C(NCC(=O)N(C)CC(F)(F)F)N1CCN(c2ccccc2Cl)CC1. The Morgan fingerprint density at radius 1 is 1.26 bits per heavy atom. The van der Waals surface area contributed by atoms with Crippen LogP contribution in [0, 0.1) is 0 Å². The van der Waals surface area contributed by atoms with Gasteiger partial charge in [0.15, 0.2) is 5.96 Å². The lowest BCUT2D eigenvalue weighted by Crippen LogP contribution is -2.54. The molecule has 1 saturated heterocycles. The molecule has 1 amide bonds. The number of guanidine groups is 1. The molecule has 1 heterocycles. The highest BCUT2D eigenvalue weighted by Gasteiger charge is 2.31. The fourth-order valence-corrected chi connectivity index (χ4v) is 3.10. The number of likely N-dealkylation sites (N-methyl/N-ethyl adjacent to an activating group) is 1. The third-order valence-corrected chi connectivity index (χ3v) is 4.54. The zero-order chi connectivity index (χ0) is 20.0. The van der Waals surface area contributed by atoms with Crippen LogP contribution in [0.1, 0.15) is 0 Å². The van der Waals surface area contributed by atoms with E-state index in [1.54, 1.807) is 7.05 Å². The van der Waals surface area contributed by atoms with E-state index < -0.39 is 18.6 Å². The first-order valence-corrected chi connectivity index (χ1v) is 8.85. The van der Waals surface area contributed by atoms with E-state index in [-0.39, 0.29) is 6.54 Å². The van der Waals surface area contributed by atoms with Crippen molar-refractivity contribution in [2.24, 2.45) is 4.99 Å². The van der Waals surface area contributed by atoms with Crippen molar-refractivity contribution in [3.63, 3.8) is 0 Å². The molecule has 27 heavy (non-hydrogen) atoms. The van der Waals surface area contributed by atoms with Crippen LogP contribution in [0.3, 0.4) is 0 Å². The molecular weight excluding hydrogens is 383 g/mol. The number of carbonyl (C=O) groups is 1. The van der Waals surface area contributed by atoms with Gasteiger partial charge < -0.3 is 20.0 Å². The number of nitrogens with one attached hydrogen (secondary N) is 1. The molecule has 0 radical (unpaired) electrons. The minimum atomic E-state index is -4.42. The van der Waals surface area contributed by atoms with Crippen LogP contribution in [0.2, 0.25) is 5.02 Å². The van der Waals surface area contributed by atoms with Gasteiger partial charge in [-0.05, 0) is 12.1 Å². The standard InChI is InChI=1S/C17H23ClF3N5O/c1-22-16(23-11-15(27)24(2)12-17(19,20)21)26-9-7-25(8-10-26)14-6-4-3-5-13(14)18/h3-6H,7-12H2,1-2H3,(H,22,23). The number of halogens is 4. The van der Waals surface area contributed by atoms with Gasteiger partial charge in [0, 0.05) is 40.3 Å². The lowest BCUT2D eigenvalue weighted by atomic mass is 10.2. The summed E-state index contributed by atoms with van der Waals surface area (Å²) in [6.45, 7) is 1.21. The first-order valence-electron chi connectivity index (χ1n) is 8.47. The van der Waals surface area contributed by atoms with Crippen LogP contribution in [0.4, 0.5) is 18.9 Å². The number of benzene rings is 1. The molecule has 1 N–H and O–H groups in total. The lowest BCUT2D eigenvalue weighted by Gasteiger charge is -2.38. The Labute approximate surface area is 161 Å². The maximum atomic E-state index is 12.4. The third kappa shape index (κ3) is 6.20. The first kappa shape index (κ1) is 21.1. The van der Waals surface area contributed by atoms with Gasteiger partial charge in [0.25, 0.3) is 0 Å². The smallest absolute Gasteiger partial charge is 0.367 e. The molecule has 1 aliphatic heterocycles. The minimum Gasteiger partial charge on any atom is -0.367 e. The van der Waals surface area contributed by atoms with Gasteiger partial charge in [-0.3, -0.25) is 9.79 Å². The molecule has 6 nitrogen and oxygen atoms in total. The summed E-state index contributed by atoms with van der Waals surface area (Å²) in [7, 11) is 2.70. The van der Waals surface area contributed by atoms with Gasteiger partial charge in [-0.1, -0.05) is 23.7 Å². The van der Waals surface area contributed by atoms with Gasteiger partial charge in [-0.25, -0.2) is 0 Å². The summed E-state index contributed by atoms with van der Waals surface area (Å²) in [6, 6.07) is 7.60. The van der Waals surface area contributed by atoms with E-state index in [1.807, 2.05) is 29.2 Å². The Balaban J connectivity index is 1.85. The summed E-state index contributed by atoms with van der Waals surface area (Å²) in [5, 5.41) is 3.53. The van der Waals surface area contributed by atoms with Crippen molar-refractivity contribution >= 4 is 29.2 Å².